The molecule has 0 spiro atoms. The molecule has 1 saturated carbocycles. The van der Waals surface area contributed by atoms with E-state index in [-0.39, 0.29) is 5.41 Å². The van der Waals surface area contributed by atoms with Crippen molar-refractivity contribution in [1.82, 2.24) is 5.32 Å². The van der Waals surface area contributed by atoms with E-state index in [0.717, 1.165) is 29.2 Å². The second-order valence-electron chi connectivity index (χ2n) is 6.91. The fraction of sp³-hybridized carbons (Fsp3) is 0.647. The highest BCUT2D eigenvalue weighted by atomic mass is 79.9. The molecule has 1 N–H and O–H groups in total. The van der Waals surface area contributed by atoms with Gasteiger partial charge in [-0.2, -0.15) is 0 Å². The second kappa shape index (κ2) is 6.48. The number of nitrogens with one attached hydrogen (secondary N) is 1. The van der Waals surface area contributed by atoms with Gasteiger partial charge in [-0.15, -0.1) is 0 Å². The van der Waals surface area contributed by atoms with Gasteiger partial charge in [0.25, 0.3) is 0 Å². The molecule has 0 amide bonds. The Kier molecular flexibility index (Phi) is 5.14. The molecule has 1 aromatic carbocycles. The molecule has 0 saturated heterocycles. The molecule has 0 aliphatic heterocycles. The first-order valence-corrected chi connectivity index (χ1v) is 8.25. The smallest absolute Gasteiger partial charge is 0.122 e. The maximum absolute atomic E-state index is 5.51. The molecular formula is C17H26BrNO. The molecule has 1 fully saturated rings. The molecule has 1 aliphatic carbocycles. The highest BCUT2D eigenvalue weighted by Gasteiger charge is 2.28. The maximum Gasteiger partial charge on any atom is 0.122 e. The third-order valence-corrected chi connectivity index (χ3v) is 4.66. The van der Waals surface area contributed by atoms with E-state index in [1.165, 1.54) is 18.4 Å². The fourth-order valence-electron chi connectivity index (χ4n) is 2.45. The summed E-state index contributed by atoms with van der Waals surface area (Å²) in [7, 11) is 1.75. The summed E-state index contributed by atoms with van der Waals surface area (Å²) < 4.78 is 6.63. The maximum atomic E-state index is 5.51. The lowest BCUT2D eigenvalue weighted by Crippen LogP contribution is -2.34. The Bertz CT molecular complexity index is 449. The fourth-order valence-corrected chi connectivity index (χ4v) is 2.86. The van der Waals surface area contributed by atoms with Crippen LogP contribution in [0.3, 0.4) is 0 Å². The molecule has 1 aromatic rings. The van der Waals surface area contributed by atoms with Gasteiger partial charge in [0.05, 0.1) is 7.11 Å². The molecule has 0 radical (unpaired) electrons. The number of halogens is 1. The molecule has 0 aromatic heterocycles. The lowest BCUT2D eigenvalue weighted by Gasteiger charge is -2.31. The van der Waals surface area contributed by atoms with Crippen molar-refractivity contribution < 1.29 is 4.74 Å². The summed E-state index contributed by atoms with van der Waals surface area (Å²) in [6.45, 7) is 8.08. The highest BCUT2D eigenvalue weighted by Crippen LogP contribution is 2.33. The van der Waals surface area contributed by atoms with Crippen LogP contribution in [0.25, 0.3) is 0 Å². The number of benzene rings is 1. The quantitative estimate of drug-likeness (QED) is 0.828. The Balaban J connectivity index is 2.11. The molecule has 2 nitrogen and oxygen atoms in total. The number of hydrogen-bond donors (Lipinski definition) is 1. The van der Waals surface area contributed by atoms with Crippen LogP contribution in [0.15, 0.2) is 22.7 Å². The summed E-state index contributed by atoms with van der Waals surface area (Å²) in [5, 5.41) is 3.68. The van der Waals surface area contributed by atoms with Gasteiger partial charge in [0.15, 0.2) is 0 Å². The third-order valence-electron chi connectivity index (χ3n) is 4.16. The van der Waals surface area contributed by atoms with Gasteiger partial charge < -0.3 is 10.1 Å². The Morgan fingerprint density at radius 2 is 2.05 bits per heavy atom. The number of hydrogen-bond acceptors (Lipinski definition) is 2. The largest absolute Gasteiger partial charge is 0.496 e. The van der Waals surface area contributed by atoms with Crippen molar-refractivity contribution in [2.45, 2.75) is 46.1 Å². The van der Waals surface area contributed by atoms with Gasteiger partial charge in [-0.05, 0) is 60.9 Å². The Hall–Kier alpha value is -0.540. The minimum atomic E-state index is 0.287. The number of ether oxygens (including phenoxy) is 1. The van der Waals surface area contributed by atoms with E-state index < -0.39 is 0 Å². The topological polar surface area (TPSA) is 21.3 Å². The van der Waals surface area contributed by atoms with E-state index in [0.29, 0.717) is 5.92 Å². The van der Waals surface area contributed by atoms with Crippen LogP contribution < -0.4 is 10.1 Å². The summed E-state index contributed by atoms with van der Waals surface area (Å²) in [5.41, 5.74) is 1.58. The number of rotatable bonds is 6. The van der Waals surface area contributed by atoms with Crippen LogP contribution in [-0.4, -0.2) is 19.7 Å². The van der Waals surface area contributed by atoms with Crippen molar-refractivity contribution in [3.8, 4) is 5.75 Å². The van der Waals surface area contributed by atoms with Gasteiger partial charge in [0.1, 0.15) is 5.75 Å². The van der Waals surface area contributed by atoms with Crippen LogP contribution in [0.2, 0.25) is 0 Å². The van der Waals surface area contributed by atoms with Gasteiger partial charge in [-0.1, -0.05) is 36.7 Å². The van der Waals surface area contributed by atoms with Crippen LogP contribution in [0.4, 0.5) is 0 Å². The van der Waals surface area contributed by atoms with Crippen LogP contribution in [0, 0.1) is 11.3 Å². The van der Waals surface area contributed by atoms with Crippen molar-refractivity contribution in [3.05, 3.63) is 28.2 Å². The van der Waals surface area contributed by atoms with Crippen molar-refractivity contribution in [1.29, 1.82) is 0 Å². The molecule has 112 valence electrons. The van der Waals surface area contributed by atoms with Crippen molar-refractivity contribution >= 4 is 15.9 Å². The first kappa shape index (κ1) is 15.8. The third kappa shape index (κ3) is 4.49. The average molecular weight is 340 g/mol. The van der Waals surface area contributed by atoms with Crippen molar-refractivity contribution in [2.75, 3.05) is 13.7 Å². The van der Waals surface area contributed by atoms with E-state index in [4.69, 9.17) is 4.74 Å². The molecule has 2 rings (SSSR count). The number of methoxy groups -OCH3 is 1. The molecule has 3 heteroatoms. The van der Waals surface area contributed by atoms with Gasteiger partial charge in [-0.3, -0.25) is 0 Å². The summed E-state index contributed by atoms with van der Waals surface area (Å²) in [4.78, 5) is 0. The SMILES string of the molecule is COc1ccc(Br)cc1CC(CNC1CC1)C(C)(C)C. The van der Waals surface area contributed by atoms with Crippen LogP contribution in [0.5, 0.6) is 5.75 Å². The zero-order valence-corrected chi connectivity index (χ0v) is 14.6. The average Bonchev–Trinajstić information content (AvgIpc) is 3.17. The molecular weight excluding hydrogens is 314 g/mol. The molecule has 20 heavy (non-hydrogen) atoms. The predicted octanol–water partition coefficient (Wildman–Crippen LogP) is 4.41. The second-order valence-corrected chi connectivity index (χ2v) is 7.82. The Labute approximate surface area is 131 Å². The monoisotopic (exact) mass is 339 g/mol. The minimum Gasteiger partial charge on any atom is -0.496 e. The first-order chi connectivity index (χ1) is 9.40. The molecule has 0 bridgehead atoms. The van der Waals surface area contributed by atoms with E-state index in [1.54, 1.807) is 7.11 Å². The van der Waals surface area contributed by atoms with E-state index >= 15 is 0 Å². The Morgan fingerprint density at radius 1 is 1.35 bits per heavy atom. The normalized spacial score (nSPS) is 17.1. The van der Waals surface area contributed by atoms with Crippen molar-refractivity contribution in [2.24, 2.45) is 11.3 Å². The Morgan fingerprint density at radius 3 is 2.60 bits per heavy atom. The van der Waals surface area contributed by atoms with Gasteiger partial charge in [0.2, 0.25) is 0 Å². The minimum absolute atomic E-state index is 0.287. The van der Waals surface area contributed by atoms with Gasteiger partial charge >= 0.3 is 0 Å². The lowest BCUT2D eigenvalue weighted by atomic mass is 9.77. The summed E-state index contributed by atoms with van der Waals surface area (Å²) >= 11 is 3.57. The molecule has 1 atom stereocenters. The first-order valence-electron chi connectivity index (χ1n) is 7.46. The summed E-state index contributed by atoms with van der Waals surface area (Å²) in [6, 6.07) is 7.04. The summed E-state index contributed by atoms with van der Waals surface area (Å²) in [5.74, 6) is 1.60. The highest BCUT2D eigenvalue weighted by molar-refractivity contribution is 9.10. The lowest BCUT2D eigenvalue weighted by molar-refractivity contribution is 0.228. The van der Waals surface area contributed by atoms with Gasteiger partial charge in [0, 0.05) is 10.5 Å². The molecule has 0 heterocycles. The molecule has 1 aliphatic rings. The van der Waals surface area contributed by atoms with Crippen LogP contribution in [0.1, 0.15) is 39.2 Å². The van der Waals surface area contributed by atoms with E-state index in [1.807, 2.05) is 12.1 Å². The zero-order valence-electron chi connectivity index (χ0n) is 13.0. The van der Waals surface area contributed by atoms with Crippen molar-refractivity contribution in [3.63, 3.8) is 0 Å². The predicted molar refractivity (Wildman–Crippen MR) is 88.4 cm³/mol. The van der Waals surface area contributed by atoms with Crippen LogP contribution >= 0.6 is 15.9 Å². The standard InChI is InChI=1S/C17H26BrNO/c1-17(2,3)13(11-19-15-6-7-15)9-12-10-14(18)5-8-16(12)20-4/h5,8,10,13,15,19H,6-7,9,11H2,1-4H3. The van der Waals surface area contributed by atoms with E-state index in [2.05, 4.69) is 48.1 Å². The zero-order chi connectivity index (χ0) is 14.8. The molecule has 1 unspecified atom stereocenters. The summed E-state index contributed by atoms with van der Waals surface area (Å²) in [6.07, 6.45) is 3.74. The van der Waals surface area contributed by atoms with Gasteiger partial charge in [-0.25, -0.2) is 0 Å². The van der Waals surface area contributed by atoms with Crippen LogP contribution in [-0.2, 0) is 6.42 Å². The van der Waals surface area contributed by atoms with E-state index in [9.17, 15) is 0 Å².